The molecule has 0 spiro atoms. The van der Waals surface area contributed by atoms with Crippen molar-refractivity contribution in [3.63, 3.8) is 0 Å². The van der Waals surface area contributed by atoms with Crippen LogP contribution < -0.4 is 13.8 Å². The molecule has 5 rings (SSSR count). The molecule has 0 aromatic heterocycles. The smallest absolute Gasteiger partial charge is 0.264 e. The Morgan fingerprint density at radius 1 is 1.03 bits per heavy atom. The van der Waals surface area contributed by atoms with Crippen LogP contribution in [-0.2, 0) is 22.9 Å². The third kappa shape index (κ3) is 3.84. The Morgan fingerprint density at radius 3 is 2.67 bits per heavy atom. The lowest BCUT2D eigenvalue weighted by Gasteiger charge is -2.31. The first kappa shape index (κ1) is 21.8. The van der Waals surface area contributed by atoms with Gasteiger partial charge >= 0.3 is 0 Å². The fourth-order valence-electron chi connectivity index (χ4n) is 4.86. The second-order valence-corrected chi connectivity index (χ2v) is 10.5. The Labute approximate surface area is 193 Å². The monoisotopic (exact) mass is 467 g/mol. The summed E-state index contributed by atoms with van der Waals surface area (Å²) in [4.78, 5) is -0.00161. The minimum atomic E-state index is -3.90. The Hall–Kier alpha value is -3.06. The highest BCUT2D eigenvalue weighted by molar-refractivity contribution is 7.92. The summed E-state index contributed by atoms with van der Waals surface area (Å²) >= 11 is 0. The Bertz CT molecular complexity index is 1310. The first-order valence-electron chi connectivity index (χ1n) is 11.1. The number of hydrogen-bond acceptors (Lipinski definition) is 4. The van der Waals surface area contributed by atoms with Crippen LogP contribution in [0.25, 0.3) is 0 Å². The molecule has 0 fully saturated rings. The lowest BCUT2D eigenvalue weighted by atomic mass is 10.0. The van der Waals surface area contributed by atoms with Crippen molar-refractivity contribution in [3.8, 4) is 11.5 Å². The van der Waals surface area contributed by atoms with E-state index in [2.05, 4.69) is 19.1 Å². The molecule has 1 heterocycles. The summed E-state index contributed by atoms with van der Waals surface area (Å²) in [5, 5.41) is 0. The van der Waals surface area contributed by atoms with E-state index in [4.69, 9.17) is 9.47 Å². The predicted octanol–water partition coefficient (Wildman–Crippen LogP) is 5.29. The lowest BCUT2D eigenvalue weighted by molar-refractivity contribution is 0.159. The van der Waals surface area contributed by atoms with Gasteiger partial charge in [-0.15, -0.1) is 0 Å². The molecular weight excluding hydrogens is 441 g/mol. The van der Waals surface area contributed by atoms with Crippen molar-refractivity contribution in [1.82, 2.24) is 0 Å². The van der Waals surface area contributed by atoms with Crippen LogP contribution in [0.4, 0.5) is 10.1 Å². The number of rotatable bonds is 5. The number of halogens is 1. The highest BCUT2D eigenvalue weighted by Gasteiger charge is 2.33. The van der Waals surface area contributed by atoms with Crippen molar-refractivity contribution >= 4 is 15.7 Å². The largest absolute Gasteiger partial charge is 0.494 e. The number of hydrogen-bond donors (Lipinski definition) is 0. The molecule has 0 radical (unpaired) electrons. The minimum Gasteiger partial charge on any atom is -0.494 e. The second-order valence-electron chi connectivity index (χ2n) is 8.69. The van der Waals surface area contributed by atoms with Gasteiger partial charge in [-0.05, 0) is 54.2 Å². The van der Waals surface area contributed by atoms with Gasteiger partial charge in [-0.25, -0.2) is 12.8 Å². The van der Waals surface area contributed by atoms with Crippen LogP contribution in [0.1, 0.15) is 36.1 Å². The number of anilines is 1. The van der Waals surface area contributed by atoms with Crippen LogP contribution in [-0.4, -0.2) is 22.1 Å². The number of sulfonamides is 1. The lowest BCUT2D eigenvalue weighted by Crippen LogP contribution is -2.35. The Kier molecular flexibility index (Phi) is 5.52. The molecule has 1 aliphatic heterocycles. The van der Waals surface area contributed by atoms with Gasteiger partial charge in [0.05, 0.1) is 17.7 Å². The standard InChI is InChI=1S/C26H26FNO4S/c1-17-14-19-6-3-4-8-22(19)26(17)32-20-10-9-18-7-5-13-28(24(18)15-20)33(29,30)21-11-12-23(27)25(16-21)31-2/h3-4,6,8-12,15-17,26H,5,7,13-14H2,1-2H3/t17-,26+/m1/s1. The SMILES string of the molecule is COc1cc(S(=O)(=O)N2CCCc3ccc(O[C@@H]4c5ccccc5C[C@H]4C)cc32)ccc1F. The molecule has 33 heavy (non-hydrogen) atoms. The van der Waals surface area contributed by atoms with Gasteiger partial charge in [0.2, 0.25) is 0 Å². The van der Waals surface area contributed by atoms with E-state index in [0.717, 1.165) is 24.5 Å². The summed E-state index contributed by atoms with van der Waals surface area (Å²) in [6, 6.07) is 17.6. The number of nitrogens with zero attached hydrogens (tertiary/aromatic N) is 1. The highest BCUT2D eigenvalue weighted by Crippen LogP contribution is 2.41. The Balaban J connectivity index is 1.49. The molecule has 0 bridgehead atoms. The molecule has 0 saturated carbocycles. The zero-order valence-electron chi connectivity index (χ0n) is 18.6. The topological polar surface area (TPSA) is 55.8 Å². The summed E-state index contributed by atoms with van der Waals surface area (Å²) in [5.41, 5.74) is 4.04. The molecule has 0 N–H and O–H groups in total. The second kappa shape index (κ2) is 8.37. The predicted molar refractivity (Wildman–Crippen MR) is 125 cm³/mol. The summed E-state index contributed by atoms with van der Waals surface area (Å²) < 4.78 is 53.7. The minimum absolute atomic E-state index is 0.00161. The number of benzene rings is 3. The van der Waals surface area contributed by atoms with Gasteiger partial charge in [0.15, 0.2) is 11.6 Å². The van der Waals surface area contributed by atoms with Crippen molar-refractivity contribution in [2.45, 2.75) is 37.2 Å². The van der Waals surface area contributed by atoms with E-state index in [9.17, 15) is 12.8 Å². The Morgan fingerprint density at radius 2 is 1.85 bits per heavy atom. The average molecular weight is 468 g/mol. The molecule has 3 aromatic carbocycles. The molecule has 7 heteroatoms. The van der Waals surface area contributed by atoms with Gasteiger partial charge in [-0.2, -0.15) is 0 Å². The van der Waals surface area contributed by atoms with Crippen molar-refractivity contribution in [2.24, 2.45) is 5.92 Å². The summed E-state index contributed by atoms with van der Waals surface area (Å²) in [5.74, 6) is 0.266. The first-order valence-corrected chi connectivity index (χ1v) is 12.6. The van der Waals surface area contributed by atoms with E-state index in [0.29, 0.717) is 30.3 Å². The van der Waals surface area contributed by atoms with E-state index >= 15 is 0 Å². The molecule has 5 nitrogen and oxygen atoms in total. The van der Waals surface area contributed by atoms with Crippen molar-refractivity contribution in [2.75, 3.05) is 18.0 Å². The van der Waals surface area contributed by atoms with Gasteiger partial charge in [-0.1, -0.05) is 37.3 Å². The molecular formula is C26H26FNO4S. The van der Waals surface area contributed by atoms with E-state index in [1.54, 1.807) is 0 Å². The van der Waals surface area contributed by atoms with Crippen molar-refractivity contribution in [3.05, 3.63) is 83.2 Å². The fraction of sp³-hybridized carbons (Fsp3) is 0.308. The average Bonchev–Trinajstić information content (AvgIpc) is 3.13. The molecule has 1 aliphatic carbocycles. The van der Waals surface area contributed by atoms with Gasteiger partial charge in [0.1, 0.15) is 11.9 Å². The molecule has 0 saturated heterocycles. The number of aryl methyl sites for hydroxylation is 1. The van der Waals surface area contributed by atoms with Crippen LogP contribution in [0, 0.1) is 11.7 Å². The molecule has 2 aliphatic rings. The number of ether oxygens (including phenoxy) is 2. The van der Waals surface area contributed by atoms with Crippen LogP contribution in [0.2, 0.25) is 0 Å². The number of methoxy groups -OCH3 is 1. The third-order valence-electron chi connectivity index (χ3n) is 6.53. The maximum Gasteiger partial charge on any atom is 0.264 e. The third-order valence-corrected chi connectivity index (χ3v) is 8.34. The van der Waals surface area contributed by atoms with Crippen LogP contribution in [0.15, 0.2) is 65.6 Å². The quantitative estimate of drug-likeness (QED) is 0.512. The zero-order valence-corrected chi connectivity index (χ0v) is 19.4. The fourth-order valence-corrected chi connectivity index (χ4v) is 6.40. The highest BCUT2D eigenvalue weighted by atomic mass is 32.2. The maximum atomic E-state index is 13.9. The van der Waals surface area contributed by atoms with E-state index < -0.39 is 15.8 Å². The van der Waals surface area contributed by atoms with Crippen LogP contribution in [0.5, 0.6) is 11.5 Å². The van der Waals surface area contributed by atoms with Gasteiger partial charge < -0.3 is 9.47 Å². The molecule has 3 aromatic rings. The first-order chi connectivity index (χ1) is 15.9. The van der Waals surface area contributed by atoms with Crippen LogP contribution >= 0.6 is 0 Å². The van der Waals surface area contributed by atoms with Crippen LogP contribution in [0.3, 0.4) is 0 Å². The molecule has 2 atom stereocenters. The maximum absolute atomic E-state index is 13.9. The van der Waals surface area contributed by atoms with Crippen molar-refractivity contribution in [1.29, 1.82) is 0 Å². The molecule has 172 valence electrons. The van der Waals surface area contributed by atoms with E-state index in [1.807, 2.05) is 30.3 Å². The van der Waals surface area contributed by atoms with Crippen molar-refractivity contribution < 1.29 is 22.3 Å². The normalized spacial score (nSPS) is 19.7. The van der Waals surface area contributed by atoms with Gasteiger partial charge in [-0.3, -0.25) is 4.31 Å². The molecule has 0 amide bonds. The van der Waals surface area contributed by atoms with E-state index in [-0.39, 0.29) is 16.7 Å². The summed E-state index contributed by atoms with van der Waals surface area (Å²) in [6.07, 6.45) is 2.38. The van der Waals surface area contributed by atoms with E-state index in [1.165, 1.54) is 34.7 Å². The van der Waals surface area contributed by atoms with Gasteiger partial charge in [0, 0.05) is 24.6 Å². The summed E-state index contributed by atoms with van der Waals surface area (Å²) in [6.45, 7) is 2.52. The zero-order chi connectivity index (χ0) is 23.2. The van der Waals surface area contributed by atoms with Gasteiger partial charge in [0.25, 0.3) is 10.0 Å². The molecule has 0 unspecified atom stereocenters. The summed E-state index contributed by atoms with van der Waals surface area (Å²) in [7, 11) is -2.58. The number of fused-ring (bicyclic) bond motifs is 2.